The van der Waals surface area contributed by atoms with Crippen LogP contribution in [0.1, 0.15) is 0 Å². The highest BCUT2D eigenvalue weighted by Crippen LogP contribution is 2.23. The van der Waals surface area contributed by atoms with E-state index in [0.29, 0.717) is 10.0 Å². The third-order valence-electron chi connectivity index (χ3n) is 1.73. The number of nitrogens with zero attached hydrogens (tertiary/aromatic N) is 1. The van der Waals surface area contributed by atoms with E-state index in [9.17, 15) is 0 Å². The summed E-state index contributed by atoms with van der Waals surface area (Å²) < 4.78 is 1.89. The minimum absolute atomic E-state index is 0.636. The molecule has 1 heterocycles. The largest absolute Gasteiger partial charge is 0.322 e. The van der Waals surface area contributed by atoms with Gasteiger partial charge in [-0.15, -0.1) is 0 Å². The molecule has 0 fully saturated rings. The van der Waals surface area contributed by atoms with Gasteiger partial charge in [-0.3, -0.25) is 0 Å². The van der Waals surface area contributed by atoms with Gasteiger partial charge in [0.1, 0.15) is 0 Å². The molecule has 1 aromatic carbocycles. The maximum Gasteiger partial charge on any atom is 0.0661 e. The summed E-state index contributed by atoms with van der Waals surface area (Å²) in [6, 6.07) is 10.2. The van der Waals surface area contributed by atoms with Crippen molar-refractivity contribution in [1.82, 2.24) is 4.57 Å². The molecule has 0 N–H and O–H groups in total. The van der Waals surface area contributed by atoms with E-state index in [0.717, 1.165) is 5.69 Å². The molecule has 0 aliphatic rings. The summed E-state index contributed by atoms with van der Waals surface area (Å²) in [4.78, 5) is 0. The predicted molar refractivity (Wildman–Crippen MR) is 54.6 cm³/mol. The van der Waals surface area contributed by atoms with Gasteiger partial charge in [-0.05, 0) is 24.3 Å². The monoisotopic (exact) mass is 210 g/mol. The second-order valence-electron chi connectivity index (χ2n) is 2.61. The first-order chi connectivity index (χ1) is 6.27. The molecule has 13 heavy (non-hydrogen) atoms. The van der Waals surface area contributed by atoms with E-state index in [1.54, 1.807) is 6.07 Å². The number of benzene rings is 1. The van der Waals surface area contributed by atoms with Gasteiger partial charge >= 0.3 is 0 Å². The van der Waals surface area contributed by atoms with Crippen molar-refractivity contribution in [3.05, 3.63) is 52.8 Å². The smallest absolute Gasteiger partial charge is 0.0661 e. The van der Waals surface area contributed by atoms with Crippen LogP contribution in [0.5, 0.6) is 0 Å². The Morgan fingerprint density at radius 1 is 1.23 bits per heavy atom. The molecule has 65 valence electrons. The number of rotatable bonds is 1. The van der Waals surface area contributed by atoms with E-state index < -0.39 is 0 Å². The Morgan fingerprint density at radius 3 is 2.69 bits per heavy atom. The number of halogens is 2. The van der Waals surface area contributed by atoms with Crippen molar-refractivity contribution in [2.24, 2.45) is 0 Å². The van der Waals surface area contributed by atoms with E-state index in [-0.39, 0.29) is 0 Å². The molecule has 2 rings (SSSR count). The summed E-state index contributed by atoms with van der Waals surface area (Å²) in [7, 11) is 0. The van der Waals surface area contributed by atoms with E-state index >= 15 is 0 Å². The van der Waals surface area contributed by atoms with Gasteiger partial charge in [0.05, 0.1) is 10.7 Å². The molecule has 0 saturated heterocycles. The first kappa shape index (κ1) is 8.67. The molecule has 0 bridgehead atoms. The fraction of sp³-hybridized carbons (Fsp3) is 0. The van der Waals surface area contributed by atoms with Crippen LogP contribution in [0.25, 0.3) is 5.69 Å². The topological polar surface area (TPSA) is 4.93 Å². The lowest BCUT2D eigenvalue weighted by Crippen LogP contribution is -1.89. The molecular formula is C10H6Cl2N. The molecule has 0 aliphatic heterocycles. The van der Waals surface area contributed by atoms with Gasteiger partial charge in [0, 0.05) is 23.5 Å². The van der Waals surface area contributed by atoms with Gasteiger partial charge in [-0.1, -0.05) is 23.2 Å². The Bertz CT molecular complexity index is 407. The van der Waals surface area contributed by atoms with Crippen molar-refractivity contribution in [3.8, 4) is 5.69 Å². The number of aromatic nitrogens is 1. The van der Waals surface area contributed by atoms with Crippen molar-refractivity contribution < 1.29 is 0 Å². The summed E-state index contributed by atoms with van der Waals surface area (Å²) in [6.07, 6.45) is 3.70. The van der Waals surface area contributed by atoms with Crippen LogP contribution in [0.4, 0.5) is 0 Å². The van der Waals surface area contributed by atoms with E-state index in [2.05, 4.69) is 6.07 Å². The van der Waals surface area contributed by atoms with Crippen LogP contribution in [0.15, 0.2) is 36.7 Å². The normalized spacial score (nSPS) is 10.3. The van der Waals surface area contributed by atoms with Gasteiger partial charge in [0.15, 0.2) is 0 Å². The molecule has 0 amide bonds. The summed E-state index contributed by atoms with van der Waals surface area (Å²) in [5.41, 5.74) is 0.910. The first-order valence-electron chi connectivity index (χ1n) is 3.77. The third kappa shape index (κ3) is 1.71. The lowest BCUT2D eigenvalue weighted by Gasteiger charge is -2.04. The molecule has 3 heteroatoms. The predicted octanol–water partition coefficient (Wildman–Crippen LogP) is 3.58. The summed E-state index contributed by atoms with van der Waals surface area (Å²) in [5.74, 6) is 0. The van der Waals surface area contributed by atoms with Gasteiger partial charge in [-0.2, -0.15) is 0 Å². The van der Waals surface area contributed by atoms with E-state index in [4.69, 9.17) is 23.2 Å². The zero-order valence-corrected chi connectivity index (χ0v) is 8.18. The van der Waals surface area contributed by atoms with Crippen molar-refractivity contribution in [1.29, 1.82) is 0 Å². The fourth-order valence-corrected chi connectivity index (χ4v) is 1.64. The Labute approximate surface area is 86.5 Å². The van der Waals surface area contributed by atoms with Crippen LogP contribution in [-0.4, -0.2) is 4.57 Å². The Balaban J connectivity index is 2.53. The summed E-state index contributed by atoms with van der Waals surface area (Å²) in [6.45, 7) is 0. The standard InChI is InChI=1S/C10H6Cl2N/c11-8-3-4-10(9(12)7-8)13-5-1-2-6-13/h1,3-7H. The molecule has 1 aromatic heterocycles. The van der Waals surface area contributed by atoms with E-state index in [1.807, 2.05) is 35.2 Å². The van der Waals surface area contributed by atoms with Crippen LogP contribution in [0.3, 0.4) is 0 Å². The second-order valence-corrected chi connectivity index (χ2v) is 3.46. The molecular weight excluding hydrogens is 205 g/mol. The van der Waals surface area contributed by atoms with Crippen LogP contribution < -0.4 is 0 Å². The van der Waals surface area contributed by atoms with Crippen molar-refractivity contribution in [2.75, 3.05) is 0 Å². The molecule has 1 nitrogen and oxygen atoms in total. The summed E-state index contributed by atoms with van der Waals surface area (Å²) >= 11 is 11.8. The lowest BCUT2D eigenvalue weighted by molar-refractivity contribution is 1.08. The van der Waals surface area contributed by atoms with E-state index in [1.165, 1.54) is 0 Å². The molecule has 0 aliphatic carbocycles. The van der Waals surface area contributed by atoms with Crippen molar-refractivity contribution in [2.45, 2.75) is 0 Å². The average Bonchev–Trinajstić information content (AvgIpc) is 2.56. The van der Waals surface area contributed by atoms with Crippen LogP contribution >= 0.6 is 23.2 Å². The number of hydrogen-bond donors (Lipinski definition) is 0. The van der Waals surface area contributed by atoms with Crippen LogP contribution in [0.2, 0.25) is 10.0 Å². The Hall–Kier alpha value is -0.920. The quantitative estimate of drug-likeness (QED) is 0.679. The molecule has 0 unspecified atom stereocenters. The zero-order valence-electron chi connectivity index (χ0n) is 6.67. The first-order valence-corrected chi connectivity index (χ1v) is 4.52. The Morgan fingerprint density at radius 2 is 2.08 bits per heavy atom. The van der Waals surface area contributed by atoms with Crippen molar-refractivity contribution >= 4 is 23.2 Å². The molecule has 0 atom stereocenters. The maximum absolute atomic E-state index is 6.00. The minimum atomic E-state index is 0.636. The maximum atomic E-state index is 6.00. The molecule has 1 radical (unpaired) electrons. The number of hydrogen-bond acceptors (Lipinski definition) is 0. The lowest BCUT2D eigenvalue weighted by atomic mass is 10.3. The zero-order chi connectivity index (χ0) is 9.26. The summed E-state index contributed by atoms with van der Waals surface area (Å²) in [5, 5.41) is 1.28. The van der Waals surface area contributed by atoms with Crippen LogP contribution in [0, 0.1) is 6.07 Å². The van der Waals surface area contributed by atoms with Crippen LogP contribution in [-0.2, 0) is 0 Å². The van der Waals surface area contributed by atoms with Gasteiger partial charge < -0.3 is 4.57 Å². The van der Waals surface area contributed by atoms with Gasteiger partial charge in [0.2, 0.25) is 0 Å². The third-order valence-corrected chi connectivity index (χ3v) is 2.27. The molecule has 0 saturated carbocycles. The second kappa shape index (κ2) is 3.44. The molecule has 2 aromatic rings. The SMILES string of the molecule is Clc1ccc(-n2c[c]cc2)c(Cl)c1. The highest BCUT2D eigenvalue weighted by atomic mass is 35.5. The fourth-order valence-electron chi connectivity index (χ4n) is 1.13. The van der Waals surface area contributed by atoms with Gasteiger partial charge in [0.25, 0.3) is 0 Å². The minimum Gasteiger partial charge on any atom is -0.322 e. The van der Waals surface area contributed by atoms with Crippen molar-refractivity contribution in [3.63, 3.8) is 0 Å². The molecule has 0 spiro atoms. The average molecular weight is 211 g/mol. The van der Waals surface area contributed by atoms with Gasteiger partial charge in [-0.25, -0.2) is 0 Å². The highest BCUT2D eigenvalue weighted by molar-refractivity contribution is 6.35. The highest BCUT2D eigenvalue weighted by Gasteiger charge is 2.01. The Kier molecular flexibility index (Phi) is 2.30.